The number of ether oxygens (including phenoxy) is 1. The number of nitrogens with one attached hydrogen (secondary N) is 2. The lowest BCUT2D eigenvalue weighted by molar-refractivity contribution is 0.0599. The standard InChI is InChI=1S/C19H18N4O4.ClH/c1-26-19(25)13-5-3-2-4-11(13)9-16-22-17(23-27-16)14-8-12-10-20-7-6-15(12)21-18(14)24;/h2-5,8,20H,6-7,9-10H2,1H3,(H,21,24);1H. The predicted octanol–water partition coefficient (Wildman–Crippen LogP) is 1.87. The summed E-state index contributed by atoms with van der Waals surface area (Å²) in [4.78, 5) is 31.5. The van der Waals surface area contributed by atoms with Crippen LogP contribution in [0.25, 0.3) is 11.4 Å². The number of fused-ring (bicyclic) bond motifs is 1. The summed E-state index contributed by atoms with van der Waals surface area (Å²) in [5.41, 5.74) is 3.25. The molecule has 1 aliphatic heterocycles. The molecule has 3 aromatic rings. The first-order valence-corrected chi connectivity index (χ1v) is 8.60. The molecule has 0 bridgehead atoms. The maximum Gasteiger partial charge on any atom is 0.338 e. The van der Waals surface area contributed by atoms with E-state index in [1.54, 1.807) is 24.3 Å². The topological polar surface area (TPSA) is 110 Å². The van der Waals surface area contributed by atoms with E-state index in [0.29, 0.717) is 29.1 Å². The number of hydrogen-bond acceptors (Lipinski definition) is 7. The SMILES string of the molecule is COC(=O)c1ccccc1Cc1nc(-c2cc3c([nH]c2=O)CCNC3)no1.Cl. The minimum atomic E-state index is -0.427. The first-order valence-electron chi connectivity index (χ1n) is 8.60. The number of benzene rings is 1. The van der Waals surface area contributed by atoms with Crippen LogP contribution in [-0.4, -0.2) is 34.7 Å². The van der Waals surface area contributed by atoms with Crippen LogP contribution in [0.5, 0.6) is 0 Å². The third-order valence-electron chi connectivity index (χ3n) is 4.56. The Morgan fingerprint density at radius 3 is 2.96 bits per heavy atom. The van der Waals surface area contributed by atoms with Gasteiger partial charge in [0.25, 0.3) is 5.56 Å². The highest BCUT2D eigenvalue weighted by Crippen LogP contribution is 2.19. The van der Waals surface area contributed by atoms with Gasteiger partial charge in [-0.1, -0.05) is 23.4 Å². The zero-order valence-electron chi connectivity index (χ0n) is 15.2. The van der Waals surface area contributed by atoms with Crippen molar-refractivity contribution in [1.29, 1.82) is 0 Å². The summed E-state index contributed by atoms with van der Waals surface area (Å²) in [6.07, 6.45) is 1.05. The van der Waals surface area contributed by atoms with E-state index in [9.17, 15) is 9.59 Å². The van der Waals surface area contributed by atoms with Gasteiger partial charge in [0.2, 0.25) is 11.7 Å². The second-order valence-corrected chi connectivity index (χ2v) is 6.28. The molecule has 3 heterocycles. The quantitative estimate of drug-likeness (QED) is 0.641. The Hall–Kier alpha value is -2.97. The van der Waals surface area contributed by atoms with Gasteiger partial charge in [0, 0.05) is 25.2 Å². The molecule has 146 valence electrons. The van der Waals surface area contributed by atoms with Crippen molar-refractivity contribution < 1.29 is 14.1 Å². The van der Waals surface area contributed by atoms with Gasteiger partial charge in [0.05, 0.1) is 24.7 Å². The number of hydrogen-bond donors (Lipinski definition) is 2. The summed E-state index contributed by atoms with van der Waals surface area (Å²) in [6, 6.07) is 8.86. The summed E-state index contributed by atoms with van der Waals surface area (Å²) in [7, 11) is 1.33. The lowest BCUT2D eigenvalue weighted by Crippen LogP contribution is -2.27. The normalized spacial score (nSPS) is 12.8. The average Bonchev–Trinajstić information content (AvgIpc) is 3.15. The molecule has 0 atom stereocenters. The molecule has 28 heavy (non-hydrogen) atoms. The van der Waals surface area contributed by atoms with E-state index >= 15 is 0 Å². The molecular formula is C19H19ClN4O4. The van der Waals surface area contributed by atoms with E-state index in [1.807, 2.05) is 6.07 Å². The average molecular weight is 403 g/mol. The molecular weight excluding hydrogens is 384 g/mol. The molecule has 8 nitrogen and oxygen atoms in total. The van der Waals surface area contributed by atoms with Crippen LogP contribution in [-0.2, 0) is 24.1 Å². The van der Waals surface area contributed by atoms with Crippen LogP contribution < -0.4 is 10.9 Å². The van der Waals surface area contributed by atoms with E-state index in [-0.39, 0.29) is 30.2 Å². The van der Waals surface area contributed by atoms with Gasteiger partial charge in [-0.3, -0.25) is 4.79 Å². The summed E-state index contributed by atoms with van der Waals surface area (Å²) in [5, 5.41) is 7.21. The Morgan fingerprint density at radius 1 is 1.32 bits per heavy atom. The molecule has 1 aromatic carbocycles. The number of aromatic amines is 1. The molecule has 2 aromatic heterocycles. The van der Waals surface area contributed by atoms with Crippen LogP contribution in [0.4, 0.5) is 0 Å². The number of methoxy groups -OCH3 is 1. The minimum absolute atomic E-state index is 0. The van der Waals surface area contributed by atoms with Crippen LogP contribution in [0.15, 0.2) is 39.6 Å². The zero-order valence-corrected chi connectivity index (χ0v) is 16.0. The van der Waals surface area contributed by atoms with Crippen molar-refractivity contribution in [3.8, 4) is 11.4 Å². The first-order chi connectivity index (χ1) is 13.2. The van der Waals surface area contributed by atoms with Gasteiger partial charge in [0.15, 0.2) is 0 Å². The molecule has 0 radical (unpaired) electrons. The number of rotatable bonds is 4. The van der Waals surface area contributed by atoms with Crippen molar-refractivity contribution in [2.45, 2.75) is 19.4 Å². The number of nitrogens with zero attached hydrogens (tertiary/aromatic N) is 2. The molecule has 0 unspecified atom stereocenters. The summed E-state index contributed by atoms with van der Waals surface area (Å²) in [5.74, 6) is 0.121. The number of halogens is 1. The van der Waals surface area contributed by atoms with Crippen LogP contribution in [0.2, 0.25) is 0 Å². The first kappa shape index (κ1) is 19.8. The van der Waals surface area contributed by atoms with Crippen LogP contribution in [0.1, 0.15) is 33.1 Å². The fourth-order valence-corrected chi connectivity index (χ4v) is 3.18. The second kappa shape index (κ2) is 8.37. The minimum Gasteiger partial charge on any atom is -0.465 e. The largest absolute Gasteiger partial charge is 0.465 e. The fourth-order valence-electron chi connectivity index (χ4n) is 3.18. The molecule has 0 amide bonds. The maximum atomic E-state index is 12.4. The zero-order chi connectivity index (χ0) is 18.8. The summed E-state index contributed by atoms with van der Waals surface area (Å²) >= 11 is 0. The molecule has 4 rings (SSSR count). The van der Waals surface area contributed by atoms with Crippen molar-refractivity contribution in [1.82, 2.24) is 20.4 Å². The Labute approximate surface area is 166 Å². The van der Waals surface area contributed by atoms with Gasteiger partial charge in [-0.25, -0.2) is 4.79 Å². The van der Waals surface area contributed by atoms with Crippen LogP contribution in [0.3, 0.4) is 0 Å². The van der Waals surface area contributed by atoms with Crippen LogP contribution in [0, 0.1) is 0 Å². The van der Waals surface area contributed by atoms with E-state index < -0.39 is 5.97 Å². The van der Waals surface area contributed by atoms with Crippen molar-refractivity contribution in [3.63, 3.8) is 0 Å². The van der Waals surface area contributed by atoms with Gasteiger partial charge >= 0.3 is 5.97 Å². The van der Waals surface area contributed by atoms with Crippen LogP contribution >= 0.6 is 12.4 Å². The lowest BCUT2D eigenvalue weighted by Gasteiger charge is -2.16. The maximum absolute atomic E-state index is 12.4. The second-order valence-electron chi connectivity index (χ2n) is 6.28. The third kappa shape index (κ3) is 3.83. The number of pyridine rings is 1. The highest BCUT2D eigenvalue weighted by Gasteiger charge is 2.19. The predicted molar refractivity (Wildman–Crippen MR) is 104 cm³/mol. The Morgan fingerprint density at radius 2 is 2.14 bits per heavy atom. The third-order valence-corrected chi connectivity index (χ3v) is 4.56. The van der Waals surface area contributed by atoms with Crippen molar-refractivity contribution in [3.05, 3.63) is 69.0 Å². The van der Waals surface area contributed by atoms with Crippen molar-refractivity contribution in [2.24, 2.45) is 0 Å². The van der Waals surface area contributed by atoms with Gasteiger partial charge < -0.3 is 19.6 Å². The van der Waals surface area contributed by atoms with Crippen molar-refractivity contribution >= 4 is 18.4 Å². The van der Waals surface area contributed by atoms with E-state index in [2.05, 4.69) is 20.4 Å². The summed E-state index contributed by atoms with van der Waals surface area (Å²) in [6.45, 7) is 1.53. The van der Waals surface area contributed by atoms with Gasteiger partial charge in [0.1, 0.15) is 0 Å². The Bertz CT molecular complexity index is 1060. The van der Waals surface area contributed by atoms with Gasteiger partial charge in [-0.15, -0.1) is 12.4 Å². The van der Waals surface area contributed by atoms with E-state index in [4.69, 9.17) is 9.26 Å². The molecule has 0 fully saturated rings. The molecule has 9 heteroatoms. The molecule has 1 aliphatic rings. The number of H-pyrrole nitrogens is 1. The Balaban J connectivity index is 0.00000225. The van der Waals surface area contributed by atoms with Crippen molar-refractivity contribution in [2.75, 3.05) is 13.7 Å². The molecule has 0 saturated heterocycles. The molecule has 2 N–H and O–H groups in total. The van der Waals surface area contributed by atoms with E-state index in [0.717, 1.165) is 24.2 Å². The smallest absolute Gasteiger partial charge is 0.338 e. The van der Waals surface area contributed by atoms with Gasteiger partial charge in [-0.2, -0.15) is 4.98 Å². The summed E-state index contributed by atoms with van der Waals surface area (Å²) < 4.78 is 10.1. The number of aromatic nitrogens is 3. The highest BCUT2D eigenvalue weighted by molar-refractivity contribution is 5.91. The number of carbonyl (C=O) groups excluding carboxylic acids is 1. The fraction of sp³-hybridized carbons (Fsp3) is 0.263. The van der Waals surface area contributed by atoms with Gasteiger partial charge in [-0.05, 0) is 23.3 Å². The highest BCUT2D eigenvalue weighted by atomic mass is 35.5. The molecule has 0 spiro atoms. The molecule has 0 saturated carbocycles. The Kier molecular flexibility index (Phi) is 5.91. The lowest BCUT2D eigenvalue weighted by atomic mass is 10.0. The number of carbonyl (C=O) groups is 1. The molecule has 0 aliphatic carbocycles. The van der Waals surface area contributed by atoms with E-state index in [1.165, 1.54) is 7.11 Å². The number of esters is 1. The monoisotopic (exact) mass is 402 g/mol.